The number of hydrogen-bond acceptors (Lipinski definition) is 4. The Hall–Kier alpha value is -3.82. The molecule has 6 heteroatoms. The SMILES string of the molecule is COc1ccc(-c2cc3cc(N4CCNCC4)ccc3n2-c2ccc(C#N)cc2)cc1F. The van der Waals surface area contributed by atoms with Crippen LogP contribution in [-0.2, 0) is 0 Å². The van der Waals surface area contributed by atoms with Crippen molar-refractivity contribution in [2.45, 2.75) is 0 Å². The van der Waals surface area contributed by atoms with Gasteiger partial charge in [0, 0.05) is 48.5 Å². The van der Waals surface area contributed by atoms with Gasteiger partial charge in [-0.05, 0) is 66.7 Å². The van der Waals surface area contributed by atoms with Crippen LogP contribution < -0.4 is 15.0 Å². The van der Waals surface area contributed by atoms with Crippen molar-refractivity contribution in [2.24, 2.45) is 0 Å². The van der Waals surface area contributed by atoms with Crippen LogP contribution in [0.2, 0.25) is 0 Å². The van der Waals surface area contributed by atoms with Crippen LogP contribution in [0.15, 0.2) is 66.7 Å². The molecule has 0 saturated carbocycles. The van der Waals surface area contributed by atoms with Crippen LogP contribution in [0.4, 0.5) is 10.1 Å². The molecular formula is C26H23FN4O. The van der Waals surface area contributed by atoms with Gasteiger partial charge >= 0.3 is 0 Å². The molecule has 0 atom stereocenters. The second-order valence-electron chi connectivity index (χ2n) is 7.85. The quantitative estimate of drug-likeness (QED) is 0.513. The first-order chi connectivity index (χ1) is 15.7. The van der Waals surface area contributed by atoms with E-state index in [2.05, 4.69) is 45.1 Å². The summed E-state index contributed by atoms with van der Waals surface area (Å²) in [6.07, 6.45) is 0. The van der Waals surface area contributed by atoms with Gasteiger partial charge in [-0.1, -0.05) is 0 Å². The number of piperazine rings is 1. The first kappa shape index (κ1) is 20.1. The van der Waals surface area contributed by atoms with E-state index < -0.39 is 5.82 Å². The summed E-state index contributed by atoms with van der Waals surface area (Å²) in [7, 11) is 1.46. The third-order valence-electron chi connectivity index (χ3n) is 5.97. The maximum absolute atomic E-state index is 14.5. The van der Waals surface area contributed by atoms with E-state index in [9.17, 15) is 9.65 Å². The van der Waals surface area contributed by atoms with Crippen LogP contribution in [0.25, 0.3) is 27.8 Å². The molecule has 0 amide bonds. The van der Waals surface area contributed by atoms with Gasteiger partial charge in [0.1, 0.15) is 0 Å². The summed E-state index contributed by atoms with van der Waals surface area (Å²) in [6, 6.07) is 23.2. The maximum Gasteiger partial charge on any atom is 0.165 e. The van der Waals surface area contributed by atoms with Gasteiger partial charge < -0.3 is 19.5 Å². The van der Waals surface area contributed by atoms with Gasteiger partial charge in [0.05, 0.1) is 30.0 Å². The fraction of sp³-hybridized carbons (Fsp3) is 0.192. The van der Waals surface area contributed by atoms with Gasteiger partial charge in [0.25, 0.3) is 0 Å². The van der Waals surface area contributed by atoms with E-state index in [-0.39, 0.29) is 5.75 Å². The Bertz CT molecular complexity index is 1310. The lowest BCUT2D eigenvalue weighted by Crippen LogP contribution is -2.43. The number of hydrogen-bond donors (Lipinski definition) is 1. The van der Waals surface area contributed by atoms with Gasteiger partial charge in [-0.15, -0.1) is 0 Å². The van der Waals surface area contributed by atoms with Crippen LogP contribution in [0.3, 0.4) is 0 Å². The molecule has 1 aliphatic heterocycles. The average Bonchev–Trinajstić information content (AvgIpc) is 3.23. The first-order valence-corrected chi connectivity index (χ1v) is 10.6. The summed E-state index contributed by atoms with van der Waals surface area (Å²) >= 11 is 0. The van der Waals surface area contributed by atoms with Gasteiger partial charge in [-0.2, -0.15) is 5.26 Å². The van der Waals surface area contributed by atoms with Crippen molar-refractivity contribution >= 4 is 16.6 Å². The lowest BCUT2D eigenvalue weighted by atomic mass is 10.1. The molecule has 0 spiro atoms. The van der Waals surface area contributed by atoms with Crippen molar-refractivity contribution in [1.29, 1.82) is 5.26 Å². The van der Waals surface area contributed by atoms with E-state index in [1.165, 1.54) is 18.9 Å². The predicted molar refractivity (Wildman–Crippen MR) is 125 cm³/mol. The number of nitriles is 1. The Kier molecular flexibility index (Phi) is 5.26. The van der Waals surface area contributed by atoms with Gasteiger partial charge in [0.15, 0.2) is 11.6 Å². The van der Waals surface area contributed by atoms with Gasteiger partial charge in [-0.25, -0.2) is 4.39 Å². The number of ether oxygens (including phenoxy) is 1. The number of anilines is 1. The zero-order chi connectivity index (χ0) is 22.1. The highest BCUT2D eigenvalue weighted by Gasteiger charge is 2.17. The van der Waals surface area contributed by atoms with E-state index in [1.54, 1.807) is 18.2 Å². The number of nitrogens with one attached hydrogen (secondary N) is 1. The summed E-state index contributed by atoms with van der Waals surface area (Å²) in [4.78, 5) is 2.38. The van der Waals surface area contributed by atoms with Crippen molar-refractivity contribution in [3.05, 3.63) is 78.1 Å². The summed E-state index contributed by atoms with van der Waals surface area (Å²) in [5.74, 6) is -0.182. The number of methoxy groups -OCH3 is 1. The molecule has 2 heterocycles. The van der Waals surface area contributed by atoms with Crippen LogP contribution >= 0.6 is 0 Å². The highest BCUT2D eigenvalue weighted by atomic mass is 19.1. The molecule has 3 aromatic carbocycles. The second kappa shape index (κ2) is 8.37. The van der Waals surface area contributed by atoms with Crippen molar-refractivity contribution in [3.8, 4) is 28.8 Å². The minimum absolute atomic E-state index is 0.218. The molecule has 160 valence electrons. The van der Waals surface area contributed by atoms with Gasteiger partial charge in [0.2, 0.25) is 0 Å². The molecular weight excluding hydrogens is 403 g/mol. The van der Waals surface area contributed by atoms with Crippen LogP contribution in [0.5, 0.6) is 5.75 Å². The molecule has 1 saturated heterocycles. The Morgan fingerprint density at radius 3 is 2.38 bits per heavy atom. The molecule has 5 rings (SSSR count). The zero-order valence-corrected chi connectivity index (χ0v) is 17.8. The normalized spacial score (nSPS) is 13.8. The molecule has 0 aliphatic carbocycles. The predicted octanol–water partition coefficient (Wildman–Crippen LogP) is 4.73. The molecule has 1 N–H and O–H groups in total. The number of benzene rings is 3. The zero-order valence-electron chi connectivity index (χ0n) is 17.8. The monoisotopic (exact) mass is 426 g/mol. The molecule has 32 heavy (non-hydrogen) atoms. The first-order valence-electron chi connectivity index (χ1n) is 10.6. The average molecular weight is 426 g/mol. The van der Waals surface area contributed by atoms with E-state index >= 15 is 0 Å². The summed E-state index contributed by atoms with van der Waals surface area (Å²) < 4.78 is 21.8. The van der Waals surface area contributed by atoms with Crippen molar-refractivity contribution < 1.29 is 9.13 Å². The van der Waals surface area contributed by atoms with E-state index in [4.69, 9.17) is 4.74 Å². The van der Waals surface area contributed by atoms with Crippen LogP contribution in [-0.4, -0.2) is 37.9 Å². The van der Waals surface area contributed by atoms with Crippen molar-refractivity contribution in [1.82, 2.24) is 9.88 Å². The Morgan fingerprint density at radius 2 is 1.69 bits per heavy atom. The Labute approximate surface area is 186 Å². The molecule has 5 nitrogen and oxygen atoms in total. The van der Waals surface area contributed by atoms with Crippen LogP contribution in [0.1, 0.15) is 5.56 Å². The summed E-state index contributed by atoms with van der Waals surface area (Å²) in [5, 5.41) is 13.6. The summed E-state index contributed by atoms with van der Waals surface area (Å²) in [5.41, 5.74) is 5.36. The largest absolute Gasteiger partial charge is 0.494 e. The Morgan fingerprint density at radius 1 is 0.938 bits per heavy atom. The number of rotatable bonds is 4. The fourth-order valence-electron chi connectivity index (χ4n) is 4.32. The summed E-state index contributed by atoms with van der Waals surface area (Å²) in [6.45, 7) is 3.89. The van der Waals surface area contributed by atoms with Crippen molar-refractivity contribution in [2.75, 3.05) is 38.2 Å². The molecule has 0 radical (unpaired) electrons. The van der Waals surface area contributed by atoms with E-state index in [1.807, 2.05) is 18.2 Å². The highest BCUT2D eigenvalue weighted by molar-refractivity contribution is 5.91. The van der Waals surface area contributed by atoms with Crippen molar-refractivity contribution in [3.63, 3.8) is 0 Å². The molecule has 1 fully saturated rings. The number of aromatic nitrogens is 1. The number of nitrogens with zero attached hydrogens (tertiary/aromatic N) is 3. The molecule has 0 unspecified atom stereocenters. The maximum atomic E-state index is 14.5. The third kappa shape index (κ3) is 3.57. The standard InChI is InChI=1S/C26H23FN4O/c1-32-26-9-4-19(15-23(26)27)25-16-20-14-22(30-12-10-29-11-13-30)7-8-24(20)31(25)21-5-2-18(17-28)3-6-21/h2-9,14-16,29H,10-13H2,1H3. The second-order valence-corrected chi connectivity index (χ2v) is 7.85. The number of halogens is 1. The van der Waals surface area contributed by atoms with Crippen LogP contribution in [0, 0.1) is 17.1 Å². The fourth-order valence-corrected chi connectivity index (χ4v) is 4.32. The highest BCUT2D eigenvalue weighted by Crippen LogP contribution is 2.35. The lowest BCUT2D eigenvalue weighted by molar-refractivity contribution is 0.386. The number of fused-ring (bicyclic) bond motifs is 1. The molecule has 4 aromatic rings. The minimum atomic E-state index is -0.400. The molecule has 1 aliphatic rings. The third-order valence-corrected chi connectivity index (χ3v) is 5.97. The van der Waals surface area contributed by atoms with E-state index in [0.717, 1.165) is 54.0 Å². The molecule has 0 bridgehead atoms. The van der Waals surface area contributed by atoms with E-state index in [0.29, 0.717) is 5.56 Å². The minimum Gasteiger partial charge on any atom is -0.494 e. The smallest absolute Gasteiger partial charge is 0.165 e. The topological polar surface area (TPSA) is 53.2 Å². The lowest BCUT2D eigenvalue weighted by Gasteiger charge is -2.29. The Balaban J connectivity index is 1.69. The van der Waals surface area contributed by atoms with Gasteiger partial charge in [-0.3, -0.25) is 0 Å². The molecule has 1 aromatic heterocycles.